The van der Waals surface area contributed by atoms with Gasteiger partial charge >= 0.3 is 0 Å². The van der Waals surface area contributed by atoms with Gasteiger partial charge in [0.25, 0.3) is 0 Å². The number of benzene rings is 1. The van der Waals surface area contributed by atoms with Gasteiger partial charge in [-0.2, -0.15) is 0 Å². The minimum atomic E-state index is 0.199. The smallest absolute Gasteiger partial charge is 0.0535 e. The Hall–Kier alpha value is -0.860. The summed E-state index contributed by atoms with van der Waals surface area (Å²) in [5.41, 5.74) is 3.07. The van der Waals surface area contributed by atoms with E-state index in [1.165, 1.54) is 30.4 Å². The SMILES string of the molecule is CC1(c2ccc(C3CCOC3)cc2)CCCN1. The van der Waals surface area contributed by atoms with Crippen molar-refractivity contribution in [2.45, 2.75) is 37.6 Å². The van der Waals surface area contributed by atoms with E-state index in [1.807, 2.05) is 0 Å². The molecule has 0 radical (unpaired) electrons. The van der Waals surface area contributed by atoms with E-state index < -0.39 is 0 Å². The standard InChI is InChI=1S/C15H21NO/c1-15(8-2-9-16-15)14-5-3-12(4-6-14)13-7-10-17-11-13/h3-6,13,16H,2,7-11H2,1H3. The van der Waals surface area contributed by atoms with Crippen molar-refractivity contribution >= 4 is 0 Å². The van der Waals surface area contributed by atoms with Crippen LogP contribution in [0.2, 0.25) is 0 Å². The summed E-state index contributed by atoms with van der Waals surface area (Å²) < 4.78 is 5.45. The largest absolute Gasteiger partial charge is 0.381 e. The van der Waals surface area contributed by atoms with Crippen molar-refractivity contribution in [2.24, 2.45) is 0 Å². The van der Waals surface area contributed by atoms with E-state index in [4.69, 9.17) is 4.74 Å². The quantitative estimate of drug-likeness (QED) is 0.845. The average molecular weight is 231 g/mol. The summed E-state index contributed by atoms with van der Waals surface area (Å²) in [6.45, 7) is 5.28. The Balaban J connectivity index is 1.79. The first-order valence-corrected chi connectivity index (χ1v) is 6.71. The fourth-order valence-corrected chi connectivity index (χ4v) is 3.06. The molecule has 3 rings (SSSR count). The van der Waals surface area contributed by atoms with Crippen LogP contribution in [0.5, 0.6) is 0 Å². The molecule has 2 aliphatic rings. The van der Waals surface area contributed by atoms with Crippen molar-refractivity contribution in [3.63, 3.8) is 0 Å². The molecular weight excluding hydrogens is 210 g/mol. The van der Waals surface area contributed by atoms with Crippen LogP contribution in [0.1, 0.15) is 43.2 Å². The summed E-state index contributed by atoms with van der Waals surface area (Å²) in [7, 11) is 0. The lowest BCUT2D eigenvalue weighted by molar-refractivity contribution is 0.194. The van der Waals surface area contributed by atoms with Crippen LogP contribution in [0.4, 0.5) is 0 Å². The molecule has 2 nitrogen and oxygen atoms in total. The van der Waals surface area contributed by atoms with Gasteiger partial charge in [0, 0.05) is 18.1 Å². The van der Waals surface area contributed by atoms with Gasteiger partial charge < -0.3 is 10.1 Å². The molecule has 0 aliphatic carbocycles. The number of nitrogens with one attached hydrogen (secondary N) is 1. The van der Waals surface area contributed by atoms with Crippen LogP contribution in [-0.4, -0.2) is 19.8 Å². The average Bonchev–Trinajstić information content (AvgIpc) is 3.01. The van der Waals surface area contributed by atoms with Crippen LogP contribution in [0.25, 0.3) is 0 Å². The Morgan fingerprint density at radius 1 is 1.29 bits per heavy atom. The zero-order chi connectivity index (χ0) is 11.7. The summed E-state index contributed by atoms with van der Waals surface area (Å²) in [4.78, 5) is 0. The first kappa shape index (κ1) is 11.2. The van der Waals surface area contributed by atoms with Gasteiger partial charge in [-0.05, 0) is 43.9 Å². The van der Waals surface area contributed by atoms with Gasteiger partial charge in [0.05, 0.1) is 6.61 Å². The molecule has 92 valence electrons. The van der Waals surface area contributed by atoms with Crippen LogP contribution in [0.3, 0.4) is 0 Å². The Labute approximate surface area is 103 Å². The lowest BCUT2D eigenvalue weighted by Crippen LogP contribution is -2.33. The highest BCUT2D eigenvalue weighted by Gasteiger charge is 2.29. The molecule has 2 unspecified atom stereocenters. The molecule has 1 aromatic carbocycles. The first-order valence-electron chi connectivity index (χ1n) is 6.71. The summed E-state index contributed by atoms with van der Waals surface area (Å²) in [6, 6.07) is 9.18. The maximum Gasteiger partial charge on any atom is 0.0535 e. The first-order chi connectivity index (χ1) is 8.28. The van der Waals surface area contributed by atoms with Crippen LogP contribution < -0.4 is 5.32 Å². The molecule has 17 heavy (non-hydrogen) atoms. The fourth-order valence-electron chi connectivity index (χ4n) is 3.06. The maximum atomic E-state index is 5.45. The normalized spacial score (nSPS) is 33.1. The second kappa shape index (κ2) is 4.43. The second-order valence-corrected chi connectivity index (χ2v) is 5.54. The predicted molar refractivity (Wildman–Crippen MR) is 69.2 cm³/mol. The molecule has 2 heterocycles. The third-order valence-electron chi connectivity index (χ3n) is 4.32. The van der Waals surface area contributed by atoms with E-state index in [0.29, 0.717) is 5.92 Å². The number of rotatable bonds is 2. The Morgan fingerprint density at radius 2 is 2.12 bits per heavy atom. The van der Waals surface area contributed by atoms with Crippen LogP contribution in [-0.2, 0) is 10.3 Å². The molecule has 2 heteroatoms. The highest BCUT2D eigenvalue weighted by atomic mass is 16.5. The molecule has 1 aromatic rings. The molecule has 2 aliphatic heterocycles. The van der Waals surface area contributed by atoms with Crippen molar-refractivity contribution in [3.05, 3.63) is 35.4 Å². The molecule has 2 atom stereocenters. The Bertz CT molecular complexity index is 372. The molecule has 1 N–H and O–H groups in total. The molecule has 0 amide bonds. The van der Waals surface area contributed by atoms with E-state index >= 15 is 0 Å². The van der Waals surface area contributed by atoms with Crippen molar-refractivity contribution in [3.8, 4) is 0 Å². The second-order valence-electron chi connectivity index (χ2n) is 5.54. The van der Waals surface area contributed by atoms with Gasteiger partial charge in [-0.3, -0.25) is 0 Å². The summed E-state index contributed by atoms with van der Waals surface area (Å²) >= 11 is 0. The minimum Gasteiger partial charge on any atom is -0.381 e. The Kier molecular flexibility index (Phi) is 2.93. The van der Waals surface area contributed by atoms with Crippen LogP contribution in [0, 0.1) is 0 Å². The fraction of sp³-hybridized carbons (Fsp3) is 0.600. The third kappa shape index (κ3) is 2.12. The topological polar surface area (TPSA) is 21.3 Å². The van der Waals surface area contributed by atoms with E-state index in [2.05, 4.69) is 36.5 Å². The highest BCUT2D eigenvalue weighted by molar-refractivity contribution is 5.31. The Morgan fingerprint density at radius 3 is 2.71 bits per heavy atom. The van der Waals surface area contributed by atoms with Crippen molar-refractivity contribution in [2.75, 3.05) is 19.8 Å². The molecular formula is C15H21NO. The van der Waals surface area contributed by atoms with Crippen molar-refractivity contribution < 1.29 is 4.74 Å². The van der Waals surface area contributed by atoms with E-state index in [1.54, 1.807) is 0 Å². The van der Waals surface area contributed by atoms with Gasteiger partial charge in [-0.1, -0.05) is 24.3 Å². The molecule has 2 saturated heterocycles. The molecule has 0 aromatic heterocycles. The molecule has 0 bridgehead atoms. The van der Waals surface area contributed by atoms with E-state index in [0.717, 1.165) is 19.8 Å². The van der Waals surface area contributed by atoms with Crippen LogP contribution >= 0.6 is 0 Å². The summed E-state index contributed by atoms with van der Waals surface area (Å²) in [5, 5.41) is 3.61. The minimum absolute atomic E-state index is 0.199. The predicted octanol–water partition coefficient (Wildman–Crippen LogP) is 2.79. The van der Waals surface area contributed by atoms with Gasteiger partial charge in [-0.25, -0.2) is 0 Å². The molecule has 0 saturated carbocycles. The van der Waals surface area contributed by atoms with Crippen LogP contribution in [0.15, 0.2) is 24.3 Å². The van der Waals surface area contributed by atoms with E-state index in [-0.39, 0.29) is 5.54 Å². The van der Waals surface area contributed by atoms with E-state index in [9.17, 15) is 0 Å². The zero-order valence-electron chi connectivity index (χ0n) is 10.5. The van der Waals surface area contributed by atoms with Gasteiger partial charge in [0.1, 0.15) is 0 Å². The number of ether oxygens (including phenoxy) is 1. The van der Waals surface area contributed by atoms with Crippen molar-refractivity contribution in [1.82, 2.24) is 5.32 Å². The third-order valence-corrected chi connectivity index (χ3v) is 4.32. The van der Waals surface area contributed by atoms with Crippen molar-refractivity contribution in [1.29, 1.82) is 0 Å². The maximum absolute atomic E-state index is 5.45. The molecule has 2 fully saturated rings. The monoisotopic (exact) mass is 231 g/mol. The number of hydrogen-bond acceptors (Lipinski definition) is 2. The number of hydrogen-bond donors (Lipinski definition) is 1. The molecule has 0 spiro atoms. The van der Waals surface area contributed by atoms with Gasteiger partial charge in [-0.15, -0.1) is 0 Å². The van der Waals surface area contributed by atoms with Gasteiger partial charge in [0.2, 0.25) is 0 Å². The lowest BCUT2D eigenvalue weighted by atomic mass is 9.88. The highest BCUT2D eigenvalue weighted by Crippen LogP contribution is 2.32. The summed E-state index contributed by atoms with van der Waals surface area (Å²) in [5.74, 6) is 0.619. The zero-order valence-corrected chi connectivity index (χ0v) is 10.5. The summed E-state index contributed by atoms with van der Waals surface area (Å²) in [6.07, 6.45) is 3.71. The van der Waals surface area contributed by atoms with Gasteiger partial charge in [0.15, 0.2) is 0 Å². The lowest BCUT2D eigenvalue weighted by Gasteiger charge is -2.25.